The number of nitrogens with one attached hydrogen (secondary N) is 2. The highest BCUT2D eigenvalue weighted by molar-refractivity contribution is 8.01. The van der Waals surface area contributed by atoms with Gasteiger partial charge in [-0.25, -0.2) is 4.98 Å². The molecule has 0 saturated heterocycles. The van der Waals surface area contributed by atoms with E-state index in [1.54, 1.807) is 0 Å². The van der Waals surface area contributed by atoms with Crippen molar-refractivity contribution in [3.8, 4) is 0 Å². The van der Waals surface area contributed by atoms with Gasteiger partial charge in [0.25, 0.3) is 0 Å². The minimum Gasteiger partial charge on any atom is -0.330 e. The molecule has 0 atom stereocenters. The van der Waals surface area contributed by atoms with E-state index in [4.69, 9.17) is 0 Å². The largest absolute Gasteiger partial charge is 0.416 e. The molecule has 0 spiro atoms. The molecule has 9 nitrogen and oxygen atoms in total. The number of carbonyl (C=O) groups is 1. The van der Waals surface area contributed by atoms with Gasteiger partial charge >= 0.3 is 11.2 Å². The van der Waals surface area contributed by atoms with Gasteiger partial charge in [0.2, 0.25) is 11.0 Å². The van der Waals surface area contributed by atoms with Crippen LogP contribution < -0.4 is 10.6 Å². The summed E-state index contributed by atoms with van der Waals surface area (Å²) in [5, 5.41) is 23.9. The van der Waals surface area contributed by atoms with Crippen molar-refractivity contribution in [2.24, 2.45) is 0 Å². The lowest BCUT2D eigenvalue weighted by Crippen LogP contribution is -2.13. The molecular formula is C14H9F3N6O3S3. The molecule has 0 fully saturated rings. The lowest BCUT2D eigenvalue weighted by molar-refractivity contribution is -0.380. The van der Waals surface area contributed by atoms with E-state index in [1.807, 2.05) is 0 Å². The number of thiazole rings is 1. The first kappa shape index (κ1) is 20.9. The zero-order valence-electron chi connectivity index (χ0n) is 14.0. The van der Waals surface area contributed by atoms with E-state index in [0.717, 1.165) is 52.8 Å². The Morgan fingerprint density at radius 2 is 1.90 bits per heavy atom. The monoisotopic (exact) mass is 462 g/mol. The molecule has 1 aromatic carbocycles. The van der Waals surface area contributed by atoms with E-state index in [0.29, 0.717) is 15.2 Å². The molecule has 2 heterocycles. The van der Waals surface area contributed by atoms with Crippen molar-refractivity contribution in [3.63, 3.8) is 0 Å². The SMILES string of the molecule is O=C(CSc1nnc(Nc2ccc(C(F)(F)F)cc2)s1)Nc1ncc([N+](=O)[O-])s1. The Kier molecular flexibility index (Phi) is 6.29. The molecule has 15 heteroatoms. The Bertz CT molecular complexity index is 1020. The van der Waals surface area contributed by atoms with Gasteiger partial charge in [0, 0.05) is 5.69 Å². The van der Waals surface area contributed by atoms with Crippen LogP contribution in [0.1, 0.15) is 5.56 Å². The standard InChI is InChI=1S/C14H9F3N6O3S3/c15-14(16,17)7-1-3-8(4-2-7)19-12-21-22-13(29-12)27-6-9(24)20-11-18-5-10(28-11)23(25)26/h1-5H,6H2,(H,19,21)(H,18,20,24). The maximum atomic E-state index is 12.6. The summed E-state index contributed by atoms with van der Waals surface area (Å²) in [5.41, 5.74) is -0.345. The highest BCUT2D eigenvalue weighted by atomic mass is 32.2. The Hall–Kier alpha value is -2.78. The summed E-state index contributed by atoms with van der Waals surface area (Å²) in [6.07, 6.45) is -3.35. The van der Waals surface area contributed by atoms with Crippen molar-refractivity contribution < 1.29 is 22.9 Å². The number of nitro groups is 1. The van der Waals surface area contributed by atoms with E-state index < -0.39 is 22.6 Å². The highest BCUT2D eigenvalue weighted by Crippen LogP contribution is 2.32. The van der Waals surface area contributed by atoms with Crippen LogP contribution in [0.25, 0.3) is 0 Å². The number of alkyl halides is 3. The number of benzene rings is 1. The van der Waals surface area contributed by atoms with Crippen LogP contribution in [0.15, 0.2) is 34.8 Å². The number of thioether (sulfide) groups is 1. The Morgan fingerprint density at radius 3 is 2.52 bits per heavy atom. The molecule has 2 aromatic heterocycles. The van der Waals surface area contributed by atoms with Gasteiger partial charge < -0.3 is 10.6 Å². The van der Waals surface area contributed by atoms with E-state index in [1.165, 1.54) is 12.1 Å². The van der Waals surface area contributed by atoms with Crippen molar-refractivity contribution in [1.82, 2.24) is 15.2 Å². The fourth-order valence-electron chi connectivity index (χ4n) is 1.88. The van der Waals surface area contributed by atoms with Crippen LogP contribution >= 0.6 is 34.4 Å². The molecule has 0 saturated carbocycles. The van der Waals surface area contributed by atoms with Gasteiger partial charge in [0.1, 0.15) is 6.20 Å². The van der Waals surface area contributed by atoms with Gasteiger partial charge in [-0.15, -0.1) is 10.2 Å². The van der Waals surface area contributed by atoms with E-state index in [9.17, 15) is 28.1 Å². The van der Waals surface area contributed by atoms with Gasteiger partial charge in [-0.2, -0.15) is 13.2 Å². The van der Waals surface area contributed by atoms with Gasteiger partial charge in [0.15, 0.2) is 9.47 Å². The predicted octanol–water partition coefficient (Wildman–Crippen LogP) is 4.40. The molecule has 0 aliphatic carbocycles. The maximum absolute atomic E-state index is 12.6. The van der Waals surface area contributed by atoms with Crippen LogP contribution in [0.5, 0.6) is 0 Å². The lowest BCUT2D eigenvalue weighted by atomic mass is 10.2. The second kappa shape index (κ2) is 8.71. The summed E-state index contributed by atoms with van der Waals surface area (Å²) in [6.45, 7) is 0. The fraction of sp³-hybridized carbons (Fsp3) is 0.143. The van der Waals surface area contributed by atoms with Crippen molar-refractivity contribution in [1.29, 1.82) is 0 Å². The third-order valence-electron chi connectivity index (χ3n) is 3.12. The van der Waals surface area contributed by atoms with Crippen LogP contribution in [-0.4, -0.2) is 31.8 Å². The highest BCUT2D eigenvalue weighted by Gasteiger charge is 2.29. The molecule has 3 aromatic rings. The van der Waals surface area contributed by atoms with Gasteiger partial charge in [-0.3, -0.25) is 14.9 Å². The molecule has 0 aliphatic rings. The minimum atomic E-state index is -4.41. The second-order valence-corrected chi connectivity index (χ2v) is 8.38. The molecule has 1 amide bonds. The number of nitrogens with zero attached hydrogens (tertiary/aromatic N) is 4. The van der Waals surface area contributed by atoms with Crippen LogP contribution in [0.2, 0.25) is 0 Å². The Morgan fingerprint density at radius 1 is 1.17 bits per heavy atom. The van der Waals surface area contributed by atoms with Crippen LogP contribution in [0, 0.1) is 10.1 Å². The number of aromatic nitrogens is 3. The molecule has 0 bridgehead atoms. The summed E-state index contributed by atoms with van der Waals surface area (Å²) in [6, 6.07) is 4.45. The van der Waals surface area contributed by atoms with E-state index in [2.05, 4.69) is 25.8 Å². The third kappa shape index (κ3) is 5.85. The van der Waals surface area contributed by atoms with Gasteiger partial charge in [-0.1, -0.05) is 23.1 Å². The fourth-order valence-corrected chi connectivity index (χ4v) is 4.10. The summed E-state index contributed by atoms with van der Waals surface area (Å²) < 4.78 is 38.2. The first-order valence-corrected chi connectivity index (χ1v) is 10.1. The average molecular weight is 462 g/mol. The molecule has 3 rings (SSSR count). The lowest BCUT2D eigenvalue weighted by Gasteiger charge is -2.07. The molecule has 0 radical (unpaired) electrons. The van der Waals surface area contributed by atoms with Gasteiger partial charge in [0.05, 0.1) is 16.2 Å². The zero-order chi connectivity index (χ0) is 21.0. The molecule has 2 N–H and O–H groups in total. The van der Waals surface area contributed by atoms with Crippen molar-refractivity contribution in [3.05, 3.63) is 46.1 Å². The number of anilines is 3. The smallest absolute Gasteiger partial charge is 0.330 e. The first-order valence-electron chi connectivity index (χ1n) is 7.51. The first-order chi connectivity index (χ1) is 13.7. The zero-order valence-corrected chi connectivity index (χ0v) is 16.4. The summed E-state index contributed by atoms with van der Waals surface area (Å²) >= 11 is 2.95. The topological polar surface area (TPSA) is 123 Å². The van der Waals surface area contributed by atoms with Crippen molar-refractivity contribution in [2.75, 3.05) is 16.4 Å². The van der Waals surface area contributed by atoms with Crippen LogP contribution in [-0.2, 0) is 11.0 Å². The number of rotatable bonds is 7. The van der Waals surface area contributed by atoms with Crippen LogP contribution in [0.3, 0.4) is 0 Å². The number of hydrogen-bond donors (Lipinski definition) is 2. The van der Waals surface area contributed by atoms with Crippen LogP contribution in [0.4, 0.5) is 34.1 Å². The number of halogens is 3. The van der Waals surface area contributed by atoms with E-state index in [-0.39, 0.29) is 15.9 Å². The Balaban J connectivity index is 1.50. The molecule has 0 unspecified atom stereocenters. The number of amides is 1. The molecular weight excluding hydrogens is 453 g/mol. The minimum absolute atomic E-state index is 0.0255. The molecule has 152 valence electrons. The van der Waals surface area contributed by atoms with Gasteiger partial charge in [-0.05, 0) is 35.6 Å². The number of carbonyl (C=O) groups excluding carboxylic acids is 1. The van der Waals surface area contributed by atoms with Crippen molar-refractivity contribution >= 4 is 61.3 Å². The second-order valence-electron chi connectivity index (χ2n) is 5.17. The summed E-state index contributed by atoms with van der Waals surface area (Å²) in [7, 11) is 0. The average Bonchev–Trinajstić information content (AvgIpc) is 3.29. The normalized spacial score (nSPS) is 11.3. The predicted molar refractivity (Wildman–Crippen MR) is 103 cm³/mol. The molecule has 29 heavy (non-hydrogen) atoms. The summed E-state index contributed by atoms with van der Waals surface area (Å²) in [5.74, 6) is -0.450. The quantitative estimate of drug-likeness (QED) is 0.301. The third-order valence-corrected chi connectivity index (χ3v) is 5.95. The Labute approximate surface area is 172 Å². The maximum Gasteiger partial charge on any atom is 0.416 e. The summed E-state index contributed by atoms with van der Waals surface area (Å²) in [4.78, 5) is 25.6. The number of hydrogen-bond acceptors (Lipinski definition) is 10. The van der Waals surface area contributed by atoms with Crippen molar-refractivity contribution in [2.45, 2.75) is 10.5 Å². The molecule has 0 aliphatic heterocycles. The van der Waals surface area contributed by atoms with E-state index >= 15 is 0 Å².